The van der Waals surface area contributed by atoms with Gasteiger partial charge in [-0.3, -0.25) is 9.59 Å². The van der Waals surface area contributed by atoms with E-state index in [-0.39, 0.29) is 16.8 Å². The molecule has 0 saturated carbocycles. The molecular weight excluding hydrogens is 294 g/mol. The highest BCUT2D eigenvalue weighted by atomic mass is 19.4. The van der Waals surface area contributed by atoms with E-state index in [1.807, 2.05) is 5.32 Å². The zero-order valence-corrected chi connectivity index (χ0v) is 11.1. The second-order valence-corrected chi connectivity index (χ2v) is 4.65. The van der Waals surface area contributed by atoms with Crippen LogP contribution in [-0.4, -0.2) is 23.5 Å². The van der Waals surface area contributed by atoms with Gasteiger partial charge < -0.3 is 16.8 Å². The summed E-state index contributed by atoms with van der Waals surface area (Å²) >= 11 is 0. The molecule has 1 unspecified atom stereocenters. The third-order valence-corrected chi connectivity index (χ3v) is 2.94. The van der Waals surface area contributed by atoms with Gasteiger partial charge in [-0.2, -0.15) is 13.2 Å². The van der Waals surface area contributed by atoms with Crippen molar-refractivity contribution in [2.45, 2.75) is 25.6 Å². The molecule has 5 N–H and O–H groups in total. The molecule has 116 valence electrons. The maximum Gasteiger partial charge on any atom is 0.415 e. The zero-order chi connectivity index (χ0) is 16.6. The summed E-state index contributed by atoms with van der Waals surface area (Å²) in [4.78, 5) is 22.6. The van der Waals surface area contributed by atoms with E-state index < -0.39 is 29.3 Å². The summed E-state index contributed by atoms with van der Waals surface area (Å²) in [5.41, 5.74) is 6.00. The Balaban J connectivity index is 3.20. The van der Waals surface area contributed by atoms with Gasteiger partial charge >= 0.3 is 6.18 Å². The molecule has 0 saturated heterocycles. The predicted octanol–water partition coefficient (Wildman–Crippen LogP) is 1.45. The van der Waals surface area contributed by atoms with Crippen molar-refractivity contribution < 1.29 is 27.2 Å². The van der Waals surface area contributed by atoms with Crippen LogP contribution in [0, 0.1) is 12.7 Å². The Hall–Kier alpha value is -2.16. The van der Waals surface area contributed by atoms with Crippen molar-refractivity contribution in [3.8, 4) is 0 Å². The van der Waals surface area contributed by atoms with E-state index in [0.717, 1.165) is 12.1 Å². The van der Waals surface area contributed by atoms with Gasteiger partial charge in [0, 0.05) is 16.8 Å². The highest BCUT2D eigenvalue weighted by Crippen LogP contribution is 2.30. The van der Waals surface area contributed by atoms with Crippen LogP contribution in [0.25, 0.3) is 0 Å². The maximum atomic E-state index is 13.6. The van der Waals surface area contributed by atoms with Crippen molar-refractivity contribution in [1.82, 2.24) is 0 Å². The third kappa shape index (κ3) is 3.30. The van der Waals surface area contributed by atoms with Crippen molar-refractivity contribution in [3.63, 3.8) is 0 Å². The molecule has 2 amide bonds. The van der Waals surface area contributed by atoms with E-state index in [9.17, 15) is 27.2 Å². The summed E-state index contributed by atoms with van der Waals surface area (Å²) in [6.45, 7) is 1.70. The Morgan fingerprint density at radius 2 is 1.76 bits per heavy atom. The van der Waals surface area contributed by atoms with Crippen LogP contribution in [0.3, 0.4) is 0 Å². The van der Waals surface area contributed by atoms with E-state index in [1.165, 1.54) is 6.92 Å². The molecule has 1 rings (SSSR count). The standard InChI is InChI=1S/C12H13F4N3O2/c1-5-7(13)3-6(9(17)20)4-8(5)19-10(21)11(2,18)12(14,15)16/h3-4H,18H2,1-2H3,(H2,17,20)(H,19,21). The topological polar surface area (TPSA) is 98.2 Å². The first-order valence-electron chi connectivity index (χ1n) is 5.65. The number of alkyl halides is 3. The maximum absolute atomic E-state index is 13.6. The van der Waals surface area contributed by atoms with E-state index in [1.54, 1.807) is 0 Å². The normalized spacial score (nSPS) is 14.4. The molecule has 0 fully saturated rings. The van der Waals surface area contributed by atoms with Crippen molar-refractivity contribution in [3.05, 3.63) is 29.1 Å². The molecule has 5 nitrogen and oxygen atoms in total. The monoisotopic (exact) mass is 307 g/mol. The van der Waals surface area contributed by atoms with Crippen molar-refractivity contribution >= 4 is 17.5 Å². The Kier molecular flexibility index (Phi) is 4.28. The lowest BCUT2D eigenvalue weighted by Gasteiger charge is -2.26. The van der Waals surface area contributed by atoms with Crippen LogP contribution in [0.15, 0.2) is 12.1 Å². The number of rotatable bonds is 3. The van der Waals surface area contributed by atoms with Crippen LogP contribution in [0.5, 0.6) is 0 Å². The number of benzene rings is 1. The van der Waals surface area contributed by atoms with Crippen molar-refractivity contribution in [1.29, 1.82) is 0 Å². The van der Waals surface area contributed by atoms with Crippen LogP contribution in [-0.2, 0) is 4.79 Å². The van der Waals surface area contributed by atoms with Gasteiger partial charge in [-0.1, -0.05) is 0 Å². The molecule has 0 aliphatic heterocycles. The van der Waals surface area contributed by atoms with E-state index >= 15 is 0 Å². The Bertz CT molecular complexity index is 597. The average Bonchev–Trinajstić information content (AvgIpc) is 2.32. The Morgan fingerprint density at radius 3 is 2.19 bits per heavy atom. The molecule has 0 radical (unpaired) electrons. The number of hydrogen-bond acceptors (Lipinski definition) is 3. The summed E-state index contributed by atoms with van der Waals surface area (Å²) in [6.07, 6.45) is -5.00. The average molecular weight is 307 g/mol. The quantitative estimate of drug-likeness (QED) is 0.737. The summed E-state index contributed by atoms with van der Waals surface area (Å²) in [6, 6.07) is 1.80. The summed E-state index contributed by atoms with van der Waals surface area (Å²) < 4.78 is 51.5. The highest BCUT2D eigenvalue weighted by molar-refractivity contribution is 6.00. The number of halogens is 4. The van der Waals surface area contributed by atoms with Gasteiger partial charge in [-0.25, -0.2) is 4.39 Å². The second-order valence-electron chi connectivity index (χ2n) is 4.65. The fraction of sp³-hybridized carbons (Fsp3) is 0.333. The summed E-state index contributed by atoms with van der Waals surface area (Å²) in [5.74, 6) is -3.47. The van der Waals surface area contributed by atoms with E-state index in [2.05, 4.69) is 0 Å². The lowest BCUT2D eigenvalue weighted by atomic mass is 10.0. The van der Waals surface area contributed by atoms with Crippen molar-refractivity contribution in [2.24, 2.45) is 11.5 Å². The molecule has 21 heavy (non-hydrogen) atoms. The zero-order valence-electron chi connectivity index (χ0n) is 11.1. The molecule has 1 atom stereocenters. The minimum absolute atomic E-state index is 0.147. The lowest BCUT2D eigenvalue weighted by Crippen LogP contribution is -2.59. The summed E-state index contributed by atoms with van der Waals surface area (Å²) in [5, 5.41) is 1.86. The number of anilines is 1. The number of nitrogens with two attached hydrogens (primary N) is 2. The number of carbonyl (C=O) groups is 2. The smallest absolute Gasteiger partial charge is 0.366 e. The molecule has 0 spiro atoms. The molecule has 1 aromatic carbocycles. The molecule has 0 aliphatic carbocycles. The minimum atomic E-state index is -5.00. The Morgan fingerprint density at radius 1 is 1.24 bits per heavy atom. The molecule has 1 aromatic rings. The van der Waals surface area contributed by atoms with Crippen LogP contribution in [0.4, 0.5) is 23.2 Å². The van der Waals surface area contributed by atoms with Gasteiger partial charge in [0.15, 0.2) is 5.54 Å². The number of hydrogen-bond donors (Lipinski definition) is 3. The SMILES string of the molecule is Cc1c(F)cc(C(N)=O)cc1NC(=O)C(C)(N)C(F)(F)F. The number of nitrogens with one attached hydrogen (secondary N) is 1. The molecule has 9 heteroatoms. The molecule has 0 heterocycles. The highest BCUT2D eigenvalue weighted by Gasteiger charge is 2.54. The van der Waals surface area contributed by atoms with Gasteiger partial charge in [0.2, 0.25) is 5.91 Å². The minimum Gasteiger partial charge on any atom is -0.366 e. The van der Waals surface area contributed by atoms with Crippen LogP contribution >= 0.6 is 0 Å². The van der Waals surface area contributed by atoms with Gasteiger partial charge in [-0.15, -0.1) is 0 Å². The third-order valence-electron chi connectivity index (χ3n) is 2.94. The number of amides is 2. The lowest BCUT2D eigenvalue weighted by molar-refractivity contribution is -0.184. The molecular formula is C12H13F4N3O2. The van der Waals surface area contributed by atoms with Gasteiger partial charge in [0.25, 0.3) is 5.91 Å². The van der Waals surface area contributed by atoms with Crippen LogP contribution < -0.4 is 16.8 Å². The van der Waals surface area contributed by atoms with E-state index in [0.29, 0.717) is 6.92 Å². The largest absolute Gasteiger partial charge is 0.415 e. The van der Waals surface area contributed by atoms with Gasteiger partial charge in [0.05, 0.1) is 0 Å². The van der Waals surface area contributed by atoms with Crippen LogP contribution in [0.1, 0.15) is 22.8 Å². The second kappa shape index (κ2) is 5.32. The fourth-order valence-electron chi connectivity index (χ4n) is 1.33. The first-order valence-corrected chi connectivity index (χ1v) is 5.65. The van der Waals surface area contributed by atoms with Crippen molar-refractivity contribution in [2.75, 3.05) is 5.32 Å². The van der Waals surface area contributed by atoms with Gasteiger partial charge in [-0.05, 0) is 26.0 Å². The van der Waals surface area contributed by atoms with Gasteiger partial charge in [0.1, 0.15) is 5.82 Å². The number of primary amides is 1. The first-order chi connectivity index (χ1) is 9.37. The molecule has 0 aromatic heterocycles. The predicted molar refractivity (Wildman–Crippen MR) is 66.9 cm³/mol. The molecule has 0 bridgehead atoms. The summed E-state index contributed by atoms with van der Waals surface area (Å²) in [7, 11) is 0. The number of carbonyl (C=O) groups excluding carboxylic acids is 2. The first kappa shape index (κ1) is 16.9. The Labute approximate surface area is 117 Å². The van der Waals surface area contributed by atoms with E-state index in [4.69, 9.17) is 11.5 Å². The fourth-order valence-corrected chi connectivity index (χ4v) is 1.33. The van der Waals surface area contributed by atoms with Crippen LogP contribution in [0.2, 0.25) is 0 Å². The molecule has 0 aliphatic rings.